The number of ketones is 1. The number of carbonyl (C=O) groups excluding carboxylic acids is 1. The first-order valence-corrected chi connectivity index (χ1v) is 6.00. The molecule has 1 aliphatic carbocycles. The summed E-state index contributed by atoms with van der Waals surface area (Å²) in [5.74, 6) is 1.74. The van der Waals surface area contributed by atoms with Crippen molar-refractivity contribution in [2.24, 2.45) is 5.92 Å². The molecule has 0 aromatic heterocycles. The van der Waals surface area contributed by atoms with E-state index in [0.717, 1.165) is 36.1 Å². The zero-order valence-corrected chi connectivity index (χ0v) is 10.6. The van der Waals surface area contributed by atoms with E-state index in [1.165, 1.54) is 0 Å². The number of fused-ring (bicyclic) bond motifs is 1. The van der Waals surface area contributed by atoms with Crippen molar-refractivity contribution in [1.82, 2.24) is 0 Å². The van der Waals surface area contributed by atoms with Crippen LogP contribution in [0.1, 0.15) is 35.7 Å². The molecule has 1 aromatic rings. The highest BCUT2D eigenvalue weighted by molar-refractivity contribution is 6.04. The molecule has 2 rings (SSSR count). The van der Waals surface area contributed by atoms with Crippen LogP contribution in [0.3, 0.4) is 0 Å². The summed E-state index contributed by atoms with van der Waals surface area (Å²) >= 11 is 0. The van der Waals surface area contributed by atoms with E-state index in [9.17, 15) is 4.79 Å². The van der Waals surface area contributed by atoms with Gasteiger partial charge in [0.1, 0.15) is 11.5 Å². The van der Waals surface area contributed by atoms with E-state index >= 15 is 0 Å². The van der Waals surface area contributed by atoms with Gasteiger partial charge in [-0.3, -0.25) is 4.79 Å². The van der Waals surface area contributed by atoms with Gasteiger partial charge < -0.3 is 9.47 Å². The van der Waals surface area contributed by atoms with Crippen molar-refractivity contribution in [3.63, 3.8) is 0 Å². The Hall–Kier alpha value is -1.51. The van der Waals surface area contributed by atoms with Gasteiger partial charge in [0.2, 0.25) is 0 Å². The predicted octanol–water partition coefficient (Wildman–Crippen LogP) is 2.86. The molecule has 3 heteroatoms. The second-order valence-electron chi connectivity index (χ2n) is 4.42. The fourth-order valence-electron chi connectivity index (χ4n) is 2.51. The third-order valence-electron chi connectivity index (χ3n) is 3.33. The molecule has 0 saturated carbocycles. The van der Waals surface area contributed by atoms with E-state index in [1.807, 2.05) is 6.07 Å². The van der Waals surface area contributed by atoms with E-state index < -0.39 is 0 Å². The molecule has 0 heterocycles. The Kier molecular flexibility index (Phi) is 3.36. The number of methoxy groups -OCH3 is 2. The quantitative estimate of drug-likeness (QED) is 0.803. The number of ether oxygens (including phenoxy) is 2. The molecular weight excluding hydrogens is 216 g/mol. The molecule has 0 radical (unpaired) electrons. The van der Waals surface area contributed by atoms with E-state index in [-0.39, 0.29) is 11.7 Å². The Balaban J connectivity index is 2.42. The monoisotopic (exact) mass is 234 g/mol. The largest absolute Gasteiger partial charge is 0.497 e. The smallest absolute Gasteiger partial charge is 0.170 e. The molecule has 3 nitrogen and oxygen atoms in total. The van der Waals surface area contributed by atoms with Gasteiger partial charge in [-0.25, -0.2) is 0 Å². The molecule has 0 saturated heterocycles. The number of hydrogen-bond acceptors (Lipinski definition) is 3. The fraction of sp³-hybridized carbons (Fsp3) is 0.500. The zero-order chi connectivity index (χ0) is 12.4. The summed E-state index contributed by atoms with van der Waals surface area (Å²) < 4.78 is 10.5. The first-order chi connectivity index (χ1) is 8.21. The lowest BCUT2D eigenvalue weighted by atomic mass is 9.99. The number of carbonyl (C=O) groups is 1. The standard InChI is InChI=1S/C14H18O3/c1-4-5-9-6-10-7-11(16-2)8-12(17-3)13(10)14(9)15/h7-9H,4-6H2,1-3H3. The highest BCUT2D eigenvalue weighted by Gasteiger charge is 2.33. The van der Waals surface area contributed by atoms with Crippen LogP contribution in [0.2, 0.25) is 0 Å². The summed E-state index contributed by atoms with van der Waals surface area (Å²) in [6.07, 6.45) is 2.79. The molecule has 1 aliphatic rings. The summed E-state index contributed by atoms with van der Waals surface area (Å²) in [5.41, 5.74) is 1.82. The summed E-state index contributed by atoms with van der Waals surface area (Å²) in [6, 6.07) is 3.73. The van der Waals surface area contributed by atoms with Crippen LogP contribution in [0.25, 0.3) is 0 Å². The van der Waals surface area contributed by atoms with Gasteiger partial charge in [0, 0.05) is 12.0 Å². The van der Waals surface area contributed by atoms with Crippen LogP contribution in [0.4, 0.5) is 0 Å². The van der Waals surface area contributed by atoms with Crippen LogP contribution in [-0.4, -0.2) is 20.0 Å². The molecule has 1 unspecified atom stereocenters. The van der Waals surface area contributed by atoms with Gasteiger partial charge in [-0.2, -0.15) is 0 Å². The molecule has 0 bridgehead atoms. The second kappa shape index (κ2) is 4.78. The number of benzene rings is 1. The van der Waals surface area contributed by atoms with Crippen LogP contribution in [-0.2, 0) is 6.42 Å². The minimum absolute atomic E-state index is 0.121. The topological polar surface area (TPSA) is 35.5 Å². The van der Waals surface area contributed by atoms with Gasteiger partial charge in [0.05, 0.1) is 19.8 Å². The van der Waals surface area contributed by atoms with E-state index in [4.69, 9.17) is 9.47 Å². The van der Waals surface area contributed by atoms with Crippen molar-refractivity contribution in [1.29, 1.82) is 0 Å². The van der Waals surface area contributed by atoms with Crippen molar-refractivity contribution in [3.05, 3.63) is 23.3 Å². The molecule has 0 spiro atoms. The number of hydrogen-bond donors (Lipinski definition) is 0. The zero-order valence-electron chi connectivity index (χ0n) is 10.6. The maximum Gasteiger partial charge on any atom is 0.170 e. The lowest BCUT2D eigenvalue weighted by molar-refractivity contribution is 0.0928. The molecule has 0 N–H and O–H groups in total. The van der Waals surface area contributed by atoms with Crippen molar-refractivity contribution in [3.8, 4) is 11.5 Å². The minimum atomic E-state index is 0.121. The van der Waals surface area contributed by atoms with E-state index in [2.05, 4.69) is 6.92 Å². The van der Waals surface area contributed by atoms with Gasteiger partial charge >= 0.3 is 0 Å². The van der Waals surface area contributed by atoms with Gasteiger partial charge in [-0.15, -0.1) is 0 Å². The third-order valence-corrected chi connectivity index (χ3v) is 3.33. The summed E-state index contributed by atoms with van der Waals surface area (Å²) in [5, 5.41) is 0. The molecule has 0 aliphatic heterocycles. The maximum absolute atomic E-state index is 12.2. The molecule has 1 aromatic carbocycles. The number of rotatable bonds is 4. The highest BCUT2D eigenvalue weighted by atomic mass is 16.5. The average molecular weight is 234 g/mol. The van der Waals surface area contributed by atoms with Gasteiger partial charge in [-0.1, -0.05) is 13.3 Å². The van der Waals surface area contributed by atoms with Crippen molar-refractivity contribution in [2.75, 3.05) is 14.2 Å². The van der Waals surface area contributed by atoms with Gasteiger partial charge in [0.15, 0.2) is 5.78 Å². The normalized spacial score (nSPS) is 18.1. The predicted molar refractivity (Wildman–Crippen MR) is 66.0 cm³/mol. The molecular formula is C14H18O3. The first kappa shape index (κ1) is 12.0. The lowest BCUT2D eigenvalue weighted by Crippen LogP contribution is -2.08. The van der Waals surface area contributed by atoms with Crippen LogP contribution in [0.5, 0.6) is 11.5 Å². The number of Topliss-reactive ketones (excluding diaryl/α,β-unsaturated/α-hetero) is 1. The second-order valence-corrected chi connectivity index (χ2v) is 4.42. The van der Waals surface area contributed by atoms with Crippen molar-refractivity contribution >= 4 is 5.78 Å². The summed E-state index contributed by atoms with van der Waals surface area (Å²) in [4.78, 5) is 12.2. The fourth-order valence-corrected chi connectivity index (χ4v) is 2.51. The van der Waals surface area contributed by atoms with Crippen molar-refractivity contribution in [2.45, 2.75) is 26.2 Å². The molecule has 0 fully saturated rings. The molecule has 17 heavy (non-hydrogen) atoms. The van der Waals surface area contributed by atoms with Gasteiger partial charge in [0.25, 0.3) is 0 Å². The van der Waals surface area contributed by atoms with E-state index in [1.54, 1.807) is 20.3 Å². The molecule has 0 amide bonds. The molecule has 1 atom stereocenters. The Morgan fingerprint density at radius 2 is 2.06 bits per heavy atom. The Morgan fingerprint density at radius 3 is 2.65 bits per heavy atom. The lowest BCUT2D eigenvalue weighted by Gasteiger charge is -2.09. The molecule has 92 valence electrons. The van der Waals surface area contributed by atoms with Crippen LogP contribution >= 0.6 is 0 Å². The Bertz CT molecular complexity index is 437. The van der Waals surface area contributed by atoms with Crippen molar-refractivity contribution < 1.29 is 14.3 Å². The van der Waals surface area contributed by atoms with Crippen LogP contribution < -0.4 is 9.47 Å². The van der Waals surface area contributed by atoms with Crippen LogP contribution in [0.15, 0.2) is 12.1 Å². The SMILES string of the molecule is CCCC1Cc2cc(OC)cc(OC)c2C1=O. The highest BCUT2D eigenvalue weighted by Crippen LogP contribution is 2.38. The maximum atomic E-state index is 12.2. The van der Waals surface area contributed by atoms with E-state index in [0.29, 0.717) is 5.75 Å². The summed E-state index contributed by atoms with van der Waals surface area (Å²) in [6.45, 7) is 2.11. The average Bonchev–Trinajstić information content (AvgIpc) is 2.66. The van der Waals surface area contributed by atoms with Gasteiger partial charge in [-0.05, 0) is 24.5 Å². The van der Waals surface area contributed by atoms with Crippen LogP contribution in [0, 0.1) is 5.92 Å². The third kappa shape index (κ3) is 2.02. The Labute approximate surface area is 102 Å². The Morgan fingerprint density at radius 1 is 1.29 bits per heavy atom. The minimum Gasteiger partial charge on any atom is -0.497 e. The summed E-state index contributed by atoms with van der Waals surface area (Å²) in [7, 11) is 3.22. The first-order valence-electron chi connectivity index (χ1n) is 6.00.